The number of hydrogen-bond donors (Lipinski definition) is 3. The van der Waals surface area contributed by atoms with Crippen LogP contribution in [0.4, 0.5) is 11.6 Å². The number of aromatic nitrogens is 2. The van der Waals surface area contributed by atoms with Gasteiger partial charge < -0.3 is 10.3 Å². The van der Waals surface area contributed by atoms with E-state index in [9.17, 15) is 4.79 Å². The molecule has 3 rings (SSSR count). The van der Waals surface area contributed by atoms with Crippen LogP contribution in [0.25, 0.3) is 11.0 Å². The summed E-state index contributed by atoms with van der Waals surface area (Å²) in [7, 11) is 0. The van der Waals surface area contributed by atoms with E-state index in [4.69, 9.17) is 0 Å². The lowest BCUT2D eigenvalue weighted by Gasteiger charge is -2.04. The van der Waals surface area contributed by atoms with Gasteiger partial charge in [-0.1, -0.05) is 32.0 Å². The third kappa shape index (κ3) is 3.40. The van der Waals surface area contributed by atoms with Crippen LogP contribution in [0.1, 0.15) is 36.2 Å². The molecule has 0 fully saturated rings. The maximum absolute atomic E-state index is 12.4. The predicted octanol–water partition coefficient (Wildman–Crippen LogP) is 4.20. The molecule has 2 aromatic carbocycles. The minimum Gasteiger partial charge on any atom is -0.383 e. The molecule has 0 radical (unpaired) electrons. The molecule has 1 amide bonds. The molecule has 0 spiro atoms. The summed E-state index contributed by atoms with van der Waals surface area (Å²) < 4.78 is 0. The molecule has 3 N–H and O–H groups in total. The number of H-pyrrole nitrogens is 1. The zero-order valence-electron chi connectivity index (χ0n) is 14.0. The number of rotatable bonds is 6. The lowest BCUT2D eigenvalue weighted by atomic mass is 10.1. The van der Waals surface area contributed by atoms with E-state index in [-0.39, 0.29) is 5.91 Å². The van der Waals surface area contributed by atoms with Crippen molar-refractivity contribution in [2.45, 2.75) is 26.7 Å². The van der Waals surface area contributed by atoms with E-state index in [0.717, 1.165) is 41.7 Å². The lowest BCUT2D eigenvalue weighted by molar-refractivity contribution is 0.102. The second-order valence-electron chi connectivity index (χ2n) is 5.72. The third-order valence-electron chi connectivity index (χ3n) is 3.91. The van der Waals surface area contributed by atoms with Crippen LogP contribution in [0.2, 0.25) is 0 Å². The highest BCUT2D eigenvalue weighted by atomic mass is 16.1. The van der Waals surface area contributed by atoms with Crippen LogP contribution in [0, 0.1) is 0 Å². The number of carbonyl (C=O) groups excluding carboxylic acids is 1. The molecule has 0 aliphatic rings. The zero-order valence-corrected chi connectivity index (χ0v) is 14.0. The van der Waals surface area contributed by atoms with Crippen molar-refractivity contribution in [3.63, 3.8) is 0 Å². The van der Waals surface area contributed by atoms with Crippen molar-refractivity contribution >= 4 is 28.6 Å². The number of anilines is 2. The molecular weight excluding hydrogens is 300 g/mol. The maximum Gasteiger partial charge on any atom is 0.257 e. The Morgan fingerprint density at radius 1 is 1.17 bits per heavy atom. The maximum atomic E-state index is 12.4. The number of aryl methyl sites for hydroxylation is 1. The largest absolute Gasteiger partial charge is 0.383 e. The van der Waals surface area contributed by atoms with Gasteiger partial charge in [-0.2, -0.15) is 0 Å². The highest BCUT2D eigenvalue weighted by Crippen LogP contribution is 2.23. The topological polar surface area (TPSA) is 69.8 Å². The fourth-order valence-electron chi connectivity index (χ4n) is 2.61. The number of fused-ring (bicyclic) bond motifs is 1. The molecule has 124 valence electrons. The normalized spacial score (nSPS) is 10.8. The van der Waals surface area contributed by atoms with Gasteiger partial charge in [0.05, 0.1) is 11.2 Å². The van der Waals surface area contributed by atoms with Crippen molar-refractivity contribution in [1.82, 2.24) is 9.97 Å². The SMILES string of the molecule is CCCNc1cccc2[nH]c(NC(=O)c3cccc(CC)c3)nc12. The average molecular weight is 322 g/mol. The standard InChI is InChI=1S/C19H22N4O/c1-3-11-20-15-9-6-10-16-17(15)22-19(21-16)23-18(24)14-8-5-7-13(4-2)12-14/h5-10,12,20H,3-4,11H2,1-2H3,(H2,21,22,23,24). The van der Waals surface area contributed by atoms with E-state index in [2.05, 4.69) is 34.4 Å². The third-order valence-corrected chi connectivity index (χ3v) is 3.91. The average Bonchev–Trinajstić information content (AvgIpc) is 3.02. The van der Waals surface area contributed by atoms with Gasteiger partial charge in [0, 0.05) is 12.1 Å². The fraction of sp³-hybridized carbons (Fsp3) is 0.263. The second kappa shape index (κ2) is 7.17. The van der Waals surface area contributed by atoms with E-state index in [1.165, 1.54) is 0 Å². The van der Waals surface area contributed by atoms with Crippen LogP contribution in [0.5, 0.6) is 0 Å². The summed E-state index contributed by atoms with van der Waals surface area (Å²) in [5.74, 6) is 0.301. The number of amides is 1. The number of carbonyl (C=O) groups is 1. The molecule has 0 atom stereocenters. The molecule has 0 unspecified atom stereocenters. The Balaban J connectivity index is 1.83. The Labute approximate surface area is 141 Å². The number of aromatic amines is 1. The number of nitrogens with zero attached hydrogens (tertiary/aromatic N) is 1. The van der Waals surface area contributed by atoms with Gasteiger partial charge in [-0.3, -0.25) is 10.1 Å². The summed E-state index contributed by atoms with van der Waals surface area (Å²) in [6.45, 7) is 5.08. The summed E-state index contributed by atoms with van der Waals surface area (Å²) in [6.07, 6.45) is 1.94. The van der Waals surface area contributed by atoms with Gasteiger partial charge >= 0.3 is 0 Å². The second-order valence-corrected chi connectivity index (χ2v) is 5.72. The number of nitrogens with one attached hydrogen (secondary N) is 3. The van der Waals surface area contributed by atoms with Crippen LogP contribution in [0.3, 0.4) is 0 Å². The lowest BCUT2D eigenvalue weighted by Crippen LogP contribution is -2.13. The van der Waals surface area contributed by atoms with E-state index in [1.807, 2.05) is 42.5 Å². The molecule has 0 saturated heterocycles. The molecule has 5 heteroatoms. The minimum atomic E-state index is -0.160. The van der Waals surface area contributed by atoms with Crippen molar-refractivity contribution in [3.05, 3.63) is 53.6 Å². The molecular formula is C19H22N4O. The van der Waals surface area contributed by atoms with Crippen LogP contribution in [-0.4, -0.2) is 22.4 Å². The first-order valence-electron chi connectivity index (χ1n) is 8.34. The van der Waals surface area contributed by atoms with Gasteiger partial charge in [0.15, 0.2) is 0 Å². The molecule has 5 nitrogen and oxygen atoms in total. The molecule has 24 heavy (non-hydrogen) atoms. The molecule has 0 saturated carbocycles. The monoisotopic (exact) mass is 322 g/mol. The van der Waals surface area contributed by atoms with Crippen molar-refractivity contribution in [2.75, 3.05) is 17.2 Å². The Morgan fingerprint density at radius 2 is 2.00 bits per heavy atom. The number of imidazole rings is 1. The van der Waals surface area contributed by atoms with E-state index < -0.39 is 0 Å². The van der Waals surface area contributed by atoms with Gasteiger partial charge in [-0.25, -0.2) is 4.98 Å². The fourth-order valence-corrected chi connectivity index (χ4v) is 2.61. The molecule has 1 heterocycles. The quantitative estimate of drug-likeness (QED) is 0.637. The smallest absolute Gasteiger partial charge is 0.257 e. The summed E-state index contributed by atoms with van der Waals surface area (Å²) in [5.41, 5.74) is 4.48. The first-order chi connectivity index (χ1) is 11.7. The summed E-state index contributed by atoms with van der Waals surface area (Å²) in [4.78, 5) is 20.1. The highest BCUT2D eigenvalue weighted by Gasteiger charge is 2.11. The van der Waals surface area contributed by atoms with Crippen LogP contribution in [-0.2, 0) is 6.42 Å². The Hall–Kier alpha value is -2.82. The van der Waals surface area contributed by atoms with Gasteiger partial charge in [-0.15, -0.1) is 0 Å². The summed E-state index contributed by atoms with van der Waals surface area (Å²) >= 11 is 0. The van der Waals surface area contributed by atoms with Gasteiger partial charge in [0.25, 0.3) is 5.91 Å². The van der Waals surface area contributed by atoms with E-state index >= 15 is 0 Å². The molecule has 3 aromatic rings. The van der Waals surface area contributed by atoms with E-state index in [1.54, 1.807) is 0 Å². The molecule has 0 bridgehead atoms. The van der Waals surface area contributed by atoms with Crippen molar-refractivity contribution in [1.29, 1.82) is 0 Å². The highest BCUT2D eigenvalue weighted by molar-refractivity contribution is 6.04. The number of hydrogen-bond acceptors (Lipinski definition) is 3. The molecule has 0 aliphatic carbocycles. The predicted molar refractivity (Wildman–Crippen MR) is 98.6 cm³/mol. The molecule has 1 aromatic heterocycles. The Morgan fingerprint density at radius 3 is 2.79 bits per heavy atom. The van der Waals surface area contributed by atoms with E-state index in [0.29, 0.717) is 11.5 Å². The summed E-state index contributed by atoms with van der Waals surface area (Å²) in [6, 6.07) is 13.6. The first kappa shape index (κ1) is 16.1. The Bertz CT molecular complexity index is 853. The van der Waals surface area contributed by atoms with Crippen molar-refractivity contribution in [2.24, 2.45) is 0 Å². The van der Waals surface area contributed by atoms with Crippen molar-refractivity contribution in [3.8, 4) is 0 Å². The molecule has 0 aliphatic heterocycles. The number of para-hydroxylation sites is 1. The van der Waals surface area contributed by atoms with Crippen LogP contribution in [0.15, 0.2) is 42.5 Å². The van der Waals surface area contributed by atoms with Gasteiger partial charge in [-0.05, 0) is 42.7 Å². The van der Waals surface area contributed by atoms with Crippen LogP contribution < -0.4 is 10.6 Å². The zero-order chi connectivity index (χ0) is 16.9. The van der Waals surface area contributed by atoms with Gasteiger partial charge in [0.1, 0.15) is 5.52 Å². The Kier molecular flexibility index (Phi) is 4.79. The van der Waals surface area contributed by atoms with Crippen LogP contribution >= 0.6 is 0 Å². The van der Waals surface area contributed by atoms with Crippen molar-refractivity contribution < 1.29 is 4.79 Å². The summed E-state index contributed by atoms with van der Waals surface area (Å²) in [5, 5.41) is 6.20. The minimum absolute atomic E-state index is 0.160. The number of benzene rings is 2. The van der Waals surface area contributed by atoms with Gasteiger partial charge in [0.2, 0.25) is 5.95 Å². The first-order valence-corrected chi connectivity index (χ1v) is 8.34.